The molecule has 0 radical (unpaired) electrons. The Bertz CT molecular complexity index is 639. The third-order valence-electron chi connectivity index (χ3n) is 4.91. The van der Waals surface area contributed by atoms with E-state index in [4.69, 9.17) is 4.74 Å². The molecule has 2 aromatic rings. The van der Waals surface area contributed by atoms with E-state index in [0.717, 1.165) is 24.8 Å². The lowest BCUT2D eigenvalue weighted by Crippen LogP contribution is -2.36. The van der Waals surface area contributed by atoms with Crippen LogP contribution >= 0.6 is 12.4 Å². The van der Waals surface area contributed by atoms with Crippen molar-refractivity contribution in [2.75, 3.05) is 33.3 Å². The number of hydrogen-bond donors (Lipinski definition) is 1. The summed E-state index contributed by atoms with van der Waals surface area (Å²) in [6.07, 6.45) is 2.63. The maximum absolute atomic E-state index is 5.30. The molecule has 1 saturated heterocycles. The summed E-state index contributed by atoms with van der Waals surface area (Å²) in [6.45, 7) is 7.96. The summed E-state index contributed by atoms with van der Waals surface area (Å²) in [4.78, 5) is 2.59. The first-order valence-corrected chi connectivity index (χ1v) is 8.78. The van der Waals surface area contributed by atoms with Gasteiger partial charge in [-0.3, -0.25) is 4.90 Å². The number of halogens is 1. The van der Waals surface area contributed by atoms with E-state index < -0.39 is 0 Å². The molecule has 1 N–H and O–H groups in total. The van der Waals surface area contributed by atoms with Crippen LogP contribution in [0, 0.1) is 5.92 Å². The Labute approximate surface area is 151 Å². The molecule has 0 bridgehead atoms. The number of likely N-dealkylation sites (tertiary alicyclic amines) is 1. The summed E-state index contributed by atoms with van der Waals surface area (Å²) < 4.78 is 5.30. The van der Waals surface area contributed by atoms with E-state index in [1.54, 1.807) is 7.11 Å². The van der Waals surface area contributed by atoms with Crippen LogP contribution in [-0.2, 0) is 6.54 Å². The van der Waals surface area contributed by atoms with Crippen LogP contribution in [0.1, 0.15) is 25.3 Å². The summed E-state index contributed by atoms with van der Waals surface area (Å²) in [5.41, 5.74) is 1.41. The van der Waals surface area contributed by atoms with Crippen LogP contribution in [0.5, 0.6) is 5.75 Å². The van der Waals surface area contributed by atoms with Gasteiger partial charge in [0.05, 0.1) is 7.11 Å². The number of rotatable bonds is 6. The maximum atomic E-state index is 5.30. The van der Waals surface area contributed by atoms with Gasteiger partial charge in [0.2, 0.25) is 0 Å². The third-order valence-corrected chi connectivity index (χ3v) is 4.91. The number of ether oxygens (including phenoxy) is 1. The molecule has 132 valence electrons. The smallest absolute Gasteiger partial charge is 0.119 e. The van der Waals surface area contributed by atoms with Crippen molar-refractivity contribution < 1.29 is 4.74 Å². The first kappa shape index (κ1) is 19.0. The minimum absolute atomic E-state index is 0. The molecule has 0 atom stereocenters. The molecular weight excluding hydrogens is 320 g/mol. The van der Waals surface area contributed by atoms with Crippen molar-refractivity contribution in [3.63, 3.8) is 0 Å². The van der Waals surface area contributed by atoms with Crippen LogP contribution in [0.2, 0.25) is 0 Å². The fourth-order valence-corrected chi connectivity index (χ4v) is 3.45. The van der Waals surface area contributed by atoms with Gasteiger partial charge >= 0.3 is 0 Å². The van der Waals surface area contributed by atoms with E-state index in [0.29, 0.717) is 0 Å². The summed E-state index contributed by atoms with van der Waals surface area (Å²) in [7, 11) is 1.72. The second-order valence-corrected chi connectivity index (χ2v) is 6.57. The zero-order valence-electron chi connectivity index (χ0n) is 14.8. The van der Waals surface area contributed by atoms with E-state index in [1.807, 2.05) is 6.07 Å². The number of nitrogens with one attached hydrogen (secondary N) is 1. The van der Waals surface area contributed by atoms with E-state index in [-0.39, 0.29) is 12.4 Å². The molecular formula is C20H29ClN2O. The average Bonchev–Trinajstić information content (AvgIpc) is 2.60. The standard InChI is InChI=1S/C20H28N2O.ClH/c1-3-21-14-16-8-10-22(11-9-16)15-17-4-5-19-13-20(23-2)7-6-18(19)12-17;/h4-7,12-13,16,21H,3,8-11,14-15H2,1-2H3;1H. The minimum atomic E-state index is 0. The molecule has 0 aromatic heterocycles. The Morgan fingerprint density at radius 3 is 2.50 bits per heavy atom. The average molecular weight is 349 g/mol. The Balaban J connectivity index is 0.00000208. The highest BCUT2D eigenvalue weighted by molar-refractivity contribution is 5.85. The molecule has 24 heavy (non-hydrogen) atoms. The topological polar surface area (TPSA) is 24.5 Å². The second kappa shape index (κ2) is 9.26. The predicted octanol–water partition coefficient (Wildman–Crippen LogP) is 4.09. The number of piperidine rings is 1. The molecule has 0 unspecified atom stereocenters. The lowest BCUT2D eigenvalue weighted by atomic mass is 9.96. The highest BCUT2D eigenvalue weighted by Gasteiger charge is 2.18. The summed E-state index contributed by atoms with van der Waals surface area (Å²) in [5, 5.41) is 6.03. The van der Waals surface area contributed by atoms with Gasteiger partial charge in [-0.1, -0.05) is 25.1 Å². The second-order valence-electron chi connectivity index (χ2n) is 6.57. The SMILES string of the molecule is CCNCC1CCN(Cc2ccc3cc(OC)ccc3c2)CC1.Cl. The van der Waals surface area contributed by atoms with Gasteiger partial charge in [0.1, 0.15) is 5.75 Å². The quantitative estimate of drug-likeness (QED) is 0.850. The number of methoxy groups -OCH3 is 1. The van der Waals surface area contributed by atoms with Crippen LogP contribution < -0.4 is 10.1 Å². The van der Waals surface area contributed by atoms with Crippen LogP contribution in [0.15, 0.2) is 36.4 Å². The van der Waals surface area contributed by atoms with Gasteiger partial charge in [-0.2, -0.15) is 0 Å². The zero-order valence-corrected chi connectivity index (χ0v) is 15.6. The maximum Gasteiger partial charge on any atom is 0.119 e. The number of benzene rings is 2. The van der Waals surface area contributed by atoms with E-state index in [9.17, 15) is 0 Å². The molecule has 4 heteroatoms. The lowest BCUT2D eigenvalue weighted by molar-refractivity contribution is 0.176. The van der Waals surface area contributed by atoms with Crippen molar-refractivity contribution in [3.05, 3.63) is 42.0 Å². The largest absolute Gasteiger partial charge is 0.497 e. The van der Waals surface area contributed by atoms with Crippen molar-refractivity contribution in [2.24, 2.45) is 5.92 Å². The first-order chi connectivity index (χ1) is 11.3. The highest BCUT2D eigenvalue weighted by atomic mass is 35.5. The van der Waals surface area contributed by atoms with E-state index in [2.05, 4.69) is 47.5 Å². The van der Waals surface area contributed by atoms with Crippen LogP contribution in [0.4, 0.5) is 0 Å². The Kier molecular flexibility index (Phi) is 7.35. The van der Waals surface area contributed by atoms with Crippen LogP contribution in [-0.4, -0.2) is 38.2 Å². The number of hydrogen-bond acceptors (Lipinski definition) is 3. The summed E-state index contributed by atoms with van der Waals surface area (Å²) in [5.74, 6) is 1.78. The van der Waals surface area contributed by atoms with E-state index in [1.165, 1.54) is 48.8 Å². The van der Waals surface area contributed by atoms with Crippen LogP contribution in [0.25, 0.3) is 10.8 Å². The normalized spacial score (nSPS) is 16.1. The van der Waals surface area contributed by atoms with Crippen molar-refractivity contribution in [1.29, 1.82) is 0 Å². The van der Waals surface area contributed by atoms with Gasteiger partial charge < -0.3 is 10.1 Å². The zero-order chi connectivity index (χ0) is 16.1. The van der Waals surface area contributed by atoms with Gasteiger partial charge in [0.15, 0.2) is 0 Å². The molecule has 3 rings (SSSR count). The van der Waals surface area contributed by atoms with Gasteiger partial charge in [-0.25, -0.2) is 0 Å². The fourth-order valence-electron chi connectivity index (χ4n) is 3.45. The van der Waals surface area contributed by atoms with Crippen LogP contribution in [0.3, 0.4) is 0 Å². The van der Waals surface area contributed by atoms with Crippen molar-refractivity contribution in [2.45, 2.75) is 26.3 Å². The van der Waals surface area contributed by atoms with Gasteiger partial charge in [-0.15, -0.1) is 12.4 Å². The highest BCUT2D eigenvalue weighted by Crippen LogP contribution is 2.24. The molecule has 0 aliphatic carbocycles. The predicted molar refractivity (Wildman–Crippen MR) is 104 cm³/mol. The summed E-state index contributed by atoms with van der Waals surface area (Å²) >= 11 is 0. The van der Waals surface area contributed by atoms with Gasteiger partial charge in [0.25, 0.3) is 0 Å². The fraction of sp³-hybridized carbons (Fsp3) is 0.500. The molecule has 1 aliphatic rings. The van der Waals surface area contributed by atoms with Crippen molar-refractivity contribution >= 4 is 23.2 Å². The Morgan fingerprint density at radius 1 is 1.08 bits per heavy atom. The summed E-state index contributed by atoms with van der Waals surface area (Å²) in [6, 6.07) is 13.1. The molecule has 0 spiro atoms. The molecule has 2 aromatic carbocycles. The molecule has 1 heterocycles. The van der Waals surface area contributed by atoms with Gasteiger partial charge in [0, 0.05) is 6.54 Å². The Hall–Kier alpha value is -1.29. The molecule has 1 aliphatic heterocycles. The third kappa shape index (κ3) is 4.85. The molecule has 1 fully saturated rings. The number of nitrogens with zero attached hydrogens (tertiary/aromatic N) is 1. The van der Waals surface area contributed by atoms with E-state index >= 15 is 0 Å². The van der Waals surface area contributed by atoms with Crippen molar-refractivity contribution in [3.8, 4) is 5.75 Å². The van der Waals surface area contributed by atoms with Gasteiger partial charge in [-0.05, 0) is 79.5 Å². The first-order valence-electron chi connectivity index (χ1n) is 8.78. The minimum Gasteiger partial charge on any atom is -0.497 e. The molecule has 0 amide bonds. The molecule has 3 nitrogen and oxygen atoms in total. The van der Waals surface area contributed by atoms with Crippen molar-refractivity contribution in [1.82, 2.24) is 10.2 Å². The number of fused-ring (bicyclic) bond motifs is 1. The lowest BCUT2D eigenvalue weighted by Gasteiger charge is -2.32. The molecule has 0 saturated carbocycles. The monoisotopic (exact) mass is 348 g/mol. The Morgan fingerprint density at radius 2 is 1.79 bits per heavy atom.